The Balaban J connectivity index is 1.92. The highest BCUT2D eigenvalue weighted by atomic mass is 19.4. The van der Waals surface area contributed by atoms with Gasteiger partial charge < -0.3 is 10.1 Å². The molecule has 1 aliphatic carbocycles. The number of H-pyrrole nitrogens is 1. The molecule has 0 saturated heterocycles. The maximum atomic E-state index is 12.1. The first-order valence-corrected chi connectivity index (χ1v) is 5.96. The van der Waals surface area contributed by atoms with E-state index in [2.05, 4.69) is 10.2 Å². The summed E-state index contributed by atoms with van der Waals surface area (Å²) in [5.74, 6) is -2.46. The summed E-state index contributed by atoms with van der Waals surface area (Å²) in [5, 5.41) is 7.20. The molecule has 1 aliphatic rings. The number of halogens is 3. The van der Waals surface area contributed by atoms with Crippen LogP contribution in [0.3, 0.4) is 0 Å². The van der Waals surface area contributed by atoms with E-state index in [4.69, 9.17) is 4.74 Å². The van der Waals surface area contributed by atoms with E-state index in [0.29, 0.717) is 5.92 Å². The average Bonchev–Trinajstić information content (AvgIpc) is 3.05. The number of nitrogens with zero attached hydrogens (tertiary/aromatic N) is 1. The Hall–Kier alpha value is -2.06. The van der Waals surface area contributed by atoms with Crippen LogP contribution in [0.2, 0.25) is 0 Å². The van der Waals surface area contributed by atoms with Crippen LogP contribution in [0, 0.1) is 5.92 Å². The Morgan fingerprint density at radius 2 is 2.15 bits per heavy atom. The van der Waals surface area contributed by atoms with Crippen LogP contribution < -0.4 is 5.32 Å². The zero-order valence-corrected chi connectivity index (χ0v) is 10.3. The van der Waals surface area contributed by atoms with Crippen molar-refractivity contribution in [1.29, 1.82) is 0 Å². The molecule has 1 aromatic heterocycles. The van der Waals surface area contributed by atoms with Crippen molar-refractivity contribution >= 4 is 17.6 Å². The molecule has 0 unspecified atom stereocenters. The Morgan fingerprint density at radius 3 is 2.75 bits per heavy atom. The summed E-state index contributed by atoms with van der Waals surface area (Å²) in [5.41, 5.74) is -0.665. The van der Waals surface area contributed by atoms with E-state index in [1.54, 1.807) is 5.32 Å². The van der Waals surface area contributed by atoms with Gasteiger partial charge in [-0.05, 0) is 12.3 Å². The number of rotatable bonds is 5. The van der Waals surface area contributed by atoms with Crippen LogP contribution in [0.4, 0.5) is 18.9 Å². The molecule has 1 amide bonds. The van der Waals surface area contributed by atoms with Crippen LogP contribution in [0.15, 0.2) is 6.20 Å². The molecule has 1 heterocycles. The quantitative estimate of drug-likeness (QED) is 0.811. The van der Waals surface area contributed by atoms with Crippen LogP contribution in [-0.4, -0.2) is 34.9 Å². The zero-order chi connectivity index (χ0) is 14.8. The van der Waals surface area contributed by atoms with Crippen LogP contribution >= 0.6 is 0 Å². The van der Waals surface area contributed by atoms with Gasteiger partial charge in [0.05, 0.1) is 18.5 Å². The number of hydrogen-bond acceptors (Lipinski definition) is 4. The van der Waals surface area contributed by atoms with E-state index in [-0.39, 0.29) is 18.0 Å². The fourth-order valence-corrected chi connectivity index (χ4v) is 1.53. The first kappa shape index (κ1) is 14.4. The highest BCUT2D eigenvalue weighted by Crippen LogP contribution is 2.32. The number of hydrogen-bond donors (Lipinski definition) is 2. The summed E-state index contributed by atoms with van der Waals surface area (Å²) in [6, 6.07) is 0. The van der Waals surface area contributed by atoms with Gasteiger partial charge in [0.25, 0.3) is 0 Å². The van der Waals surface area contributed by atoms with E-state index in [1.807, 2.05) is 0 Å². The third-order valence-electron chi connectivity index (χ3n) is 2.81. The summed E-state index contributed by atoms with van der Waals surface area (Å²) >= 11 is 0. The minimum atomic E-state index is -5.04. The number of aromatic amines is 1. The molecular formula is C11H12F3N3O3. The molecule has 1 fully saturated rings. The molecule has 110 valence electrons. The molecule has 2 rings (SSSR count). The lowest BCUT2D eigenvalue weighted by molar-refractivity contribution is -0.167. The largest absolute Gasteiger partial charge is 0.471 e. The number of ether oxygens (including phenoxy) is 1. The summed E-state index contributed by atoms with van der Waals surface area (Å²) in [6.07, 6.45) is -1.18. The first-order chi connectivity index (χ1) is 9.38. The van der Waals surface area contributed by atoms with Gasteiger partial charge in [0.2, 0.25) is 0 Å². The zero-order valence-electron chi connectivity index (χ0n) is 10.3. The number of amides is 1. The number of alkyl halides is 3. The Morgan fingerprint density at radius 1 is 1.45 bits per heavy atom. The van der Waals surface area contributed by atoms with E-state index in [1.165, 1.54) is 0 Å². The average molecular weight is 291 g/mol. The fraction of sp³-hybridized carbons (Fsp3) is 0.545. The predicted molar refractivity (Wildman–Crippen MR) is 60.9 cm³/mol. The number of carbonyl (C=O) groups is 2. The molecular weight excluding hydrogens is 279 g/mol. The van der Waals surface area contributed by atoms with Gasteiger partial charge in [-0.1, -0.05) is 12.8 Å². The van der Waals surface area contributed by atoms with Gasteiger partial charge in [-0.2, -0.15) is 18.3 Å². The van der Waals surface area contributed by atoms with Gasteiger partial charge in [0.1, 0.15) is 0 Å². The number of anilines is 1. The van der Waals surface area contributed by atoms with Gasteiger partial charge in [-0.25, -0.2) is 4.79 Å². The second-order valence-corrected chi connectivity index (χ2v) is 4.48. The molecule has 0 atom stereocenters. The van der Waals surface area contributed by atoms with E-state index < -0.39 is 18.1 Å². The smallest absolute Gasteiger partial charge is 0.461 e. The van der Waals surface area contributed by atoms with Gasteiger partial charge in [0, 0.05) is 0 Å². The van der Waals surface area contributed by atoms with Gasteiger partial charge in [-0.15, -0.1) is 0 Å². The van der Waals surface area contributed by atoms with Crippen molar-refractivity contribution in [2.75, 3.05) is 11.9 Å². The third-order valence-corrected chi connectivity index (χ3v) is 2.81. The topological polar surface area (TPSA) is 84.1 Å². The molecule has 6 nitrogen and oxygen atoms in total. The second kappa shape index (κ2) is 5.51. The summed E-state index contributed by atoms with van der Waals surface area (Å²) in [6.45, 7) is 0.190. The number of aromatic nitrogens is 2. The Kier molecular flexibility index (Phi) is 3.96. The van der Waals surface area contributed by atoms with Crippen molar-refractivity contribution in [3.05, 3.63) is 11.9 Å². The van der Waals surface area contributed by atoms with E-state index >= 15 is 0 Å². The van der Waals surface area contributed by atoms with Crippen LogP contribution in [0.25, 0.3) is 0 Å². The highest BCUT2D eigenvalue weighted by molar-refractivity contribution is 6.01. The molecule has 1 saturated carbocycles. The molecule has 0 aromatic carbocycles. The molecule has 9 heteroatoms. The minimum absolute atomic E-state index is 0.190. The van der Waals surface area contributed by atoms with Crippen molar-refractivity contribution in [3.63, 3.8) is 0 Å². The first-order valence-electron chi connectivity index (χ1n) is 5.96. The number of carbonyl (C=O) groups excluding carboxylic acids is 2. The summed E-state index contributed by atoms with van der Waals surface area (Å²) < 4.78 is 41.2. The molecule has 0 spiro atoms. The summed E-state index contributed by atoms with van der Waals surface area (Å²) in [7, 11) is 0. The molecule has 20 heavy (non-hydrogen) atoms. The monoisotopic (exact) mass is 291 g/mol. The van der Waals surface area contributed by atoms with Gasteiger partial charge in [0.15, 0.2) is 5.69 Å². The van der Waals surface area contributed by atoms with Crippen molar-refractivity contribution in [2.24, 2.45) is 5.92 Å². The van der Waals surface area contributed by atoms with Gasteiger partial charge in [-0.3, -0.25) is 9.89 Å². The Bertz CT molecular complexity index is 509. The van der Waals surface area contributed by atoms with Crippen molar-refractivity contribution in [1.82, 2.24) is 10.2 Å². The Labute approximate surface area is 111 Å². The lowest BCUT2D eigenvalue weighted by Gasteiger charge is -2.08. The fourth-order valence-electron chi connectivity index (χ4n) is 1.53. The van der Waals surface area contributed by atoms with E-state index in [9.17, 15) is 22.8 Å². The van der Waals surface area contributed by atoms with E-state index in [0.717, 1.165) is 25.5 Å². The molecule has 2 N–H and O–H groups in total. The maximum absolute atomic E-state index is 12.1. The van der Waals surface area contributed by atoms with Crippen LogP contribution in [-0.2, 0) is 9.53 Å². The van der Waals surface area contributed by atoms with Crippen molar-refractivity contribution in [3.8, 4) is 0 Å². The number of esters is 1. The minimum Gasteiger partial charge on any atom is -0.461 e. The van der Waals surface area contributed by atoms with Crippen molar-refractivity contribution < 1.29 is 27.5 Å². The van der Waals surface area contributed by atoms with Crippen molar-refractivity contribution in [2.45, 2.75) is 25.4 Å². The SMILES string of the molecule is O=C(OCCC1CC1)c1[nH]ncc1NC(=O)C(F)(F)F. The summed E-state index contributed by atoms with van der Waals surface area (Å²) in [4.78, 5) is 22.4. The maximum Gasteiger partial charge on any atom is 0.471 e. The number of nitrogens with one attached hydrogen (secondary N) is 2. The molecule has 0 aliphatic heterocycles. The predicted octanol–water partition coefficient (Wildman–Crippen LogP) is 1.87. The molecule has 0 bridgehead atoms. The van der Waals surface area contributed by atoms with Crippen LogP contribution in [0.1, 0.15) is 29.8 Å². The molecule has 1 aromatic rings. The second-order valence-electron chi connectivity index (χ2n) is 4.48. The lowest BCUT2D eigenvalue weighted by atomic mass is 10.3. The molecule has 0 radical (unpaired) electrons. The standard InChI is InChI=1S/C11H12F3N3O3/c12-11(13,14)10(19)16-7-5-15-17-8(7)9(18)20-4-3-6-1-2-6/h5-6H,1-4H2,(H,15,17)(H,16,19). The highest BCUT2D eigenvalue weighted by Gasteiger charge is 2.39. The lowest BCUT2D eigenvalue weighted by Crippen LogP contribution is -2.30. The third kappa shape index (κ3) is 3.72. The van der Waals surface area contributed by atoms with Crippen LogP contribution in [0.5, 0.6) is 0 Å². The van der Waals surface area contributed by atoms with Gasteiger partial charge >= 0.3 is 18.1 Å². The normalized spacial score (nSPS) is 14.9.